The Hall–Kier alpha value is -2.67. The van der Waals surface area contributed by atoms with Crippen LogP contribution in [0, 0.1) is 0 Å². The van der Waals surface area contributed by atoms with E-state index < -0.39 is 0 Å². The molecule has 1 heteroatoms. The lowest BCUT2D eigenvalue weighted by Gasteiger charge is -2.07. The van der Waals surface area contributed by atoms with Crippen LogP contribution in [0.1, 0.15) is 57.1 Å². The Bertz CT molecular complexity index is 887. The van der Waals surface area contributed by atoms with Crippen molar-refractivity contribution in [2.45, 2.75) is 58.8 Å². The van der Waals surface area contributed by atoms with Crippen LogP contribution in [0.4, 0.5) is 0 Å². The SMILES string of the molecule is C=C(CC)CCc1ccc(-c2ccc(-c3ccc(CCCCC)cc3)nc2)cc1. The van der Waals surface area contributed by atoms with Crippen LogP contribution < -0.4 is 0 Å². The summed E-state index contributed by atoms with van der Waals surface area (Å²) in [6, 6.07) is 22.0. The van der Waals surface area contributed by atoms with E-state index in [2.05, 4.69) is 81.1 Å². The Morgan fingerprint density at radius 3 is 1.93 bits per heavy atom. The van der Waals surface area contributed by atoms with E-state index in [4.69, 9.17) is 4.98 Å². The molecule has 0 fully saturated rings. The van der Waals surface area contributed by atoms with E-state index in [1.807, 2.05) is 6.20 Å². The number of rotatable bonds is 10. The number of unbranched alkanes of at least 4 members (excludes halogenated alkanes) is 2. The highest BCUT2D eigenvalue weighted by Gasteiger charge is 2.03. The molecule has 0 N–H and O–H groups in total. The van der Waals surface area contributed by atoms with E-state index in [-0.39, 0.29) is 0 Å². The Balaban J connectivity index is 1.63. The Kier molecular flexibility index (Phi) is 7.81. The zero-order chi connectivity index (χ0) is 20.5. The summed E-state index contributed by atoms with van der Waals surface area (Å²) in [5, 5.41) is 0. The van der Waals surface area contributed by atoms with Crippen LogP contribution in [-0.4, -0.2) is 4.98 Å². The van der Waals surface area contributed by atoms with Gasteiger partial charge in [-0.25, -0.2) is 0 Å². The van der Waals surface area contributed by atoms with Gasteiger partial charge in [-0.3, -0.25) is 4.98 Å². The van der Waals surface area contributed by atoms with Crippen molar-refractivity contribution >= 4 is 0 Å². The quantitative estimate of drug-likeness (QED) is 0.255. The van der Waals surface area contributed by atoms with Gasteiger partial charge in [0, 0.05) is 17.3 Å². The van der Waals surface area contributed by atoms with Crippen LogP contribution in [0.5, 0.6) is 0 Å². The summed E-state index contributed by atoms with van der Waals surface area (Å²) >= 11 is 0. The summed E-state index contributed by atoms with van der Waals surface area (Å²) in [5.41, 5.74) is 8.70. The first-order valence-corrected chi connectivity index (χ1v) is 11.0. The molecule has 0 radical (unpaired) electrons. The maximum atomic E-state index is 4.71. The normalized spacial score (nSPS) is 10.8. The number of aromatic nitrogens is 1. The topological polar surface area (TPSA) is 12.9 Å². The summed E-state index contributed by atoms with van der Waals surface area (Å²) in [6.45, 7) is 8.52. The van der Waals surface area contributed by atoms with Crippen molar-refractivity contribution < 1.29 is 0 Å². The predicted octanol–water partition coefficient (Wildman–Crippen LogP) is 8.05. The van der Waals surface area contributed by atoms with E-state index in [1.165, 1.54) is 53.5 Å². The van der Waals surface area contributed by atoms with Gasteiger partial charge in [0.2, 0.25) is 0 Å². The molecule has 0 amide bonds. The third-order valence-corrected chi connectivity index (χ3v) is 5.64. The van der Waals surface area contributed by atoms with E-state index in [1.54, 1.807) is 0 Å². The minimum atomic E-state index is 1.03. The Morgan fingerprint density at radius 1 is 0.724 bits per heavy atom. The monoisotopic (exact) mass is 383 g/mol. The molecule has 29 heavy (non-hydrogen) atoms. The molecule has 1 aromatic heterocycles. The van der Waals surface area contributed by atoms with Crippen LogP contribution in [-0.2, 0) is 12.8 Å². The number of hydrogen-bond donors (Lipinski definition) is 0. The zero-order valence-corrected chi connectivity index (χ0v) is 18.0. The molecular formula is C28H33N. The summed E-state index contributed by atoms with van der Waals surface area (Å²) in [5.74, 6) is 0. The van der Waals surface area contributed by atoms with Crippen LogP contribution in [0.25, 0.3) is 22.4 Å². The van der Waals surface area contributed by atoms with Crippen molar-refractivity contribution in [1.82, 2.24) is 4.98 Å². The van der Waals surface area contributed by atoms with Gasteiger partial charge in [-0.05, 0) is 54.9 Å². The van der Waals surface area contributed by atoms with Crippen molar-refractivity contribution in [3.63, 3.8) is 0 Å². The van der Waals surface area contributed by atoms with Crippen molar-refractivity contribution in [2.24, 2.45) is 0 Å². The molecule has 0 saturated carbocycles. The van der Waals surface area contributed by atoms with Crippen LogP contribution in [0.2, 0.25) is 0 Å². The van der Waals surface area contributed by atoms with Gasteiger partial charge in [0.1, 0.15) is 0 Å². The number of hydrogen-bond acceptors (Lipinski definition) is 1. The summed E-state index contributed by atoms with van der Waals surface area (Å²) in [4.78, 5) is 4.71. The van der Waals surface area contributed by atoms with Crippen molar-refractivity contribution in [1.29, 1.82) is 0 Å². The van der Waals surface area contributed by atoms with Gasteiger partial charge >= 0.3 is 0 Å². The first-order chi connectivity index (χ1) is 14.2. The standard InChI is InChI=1S/C28H33N/c1-4-6-7-8-23-13-17-26(18-14-23)28-20-19-27(21-29-28)25-15-11-24(12-16-25)10-9-22(3)5-2/h11-21H,3-10H2,1-2H3. The lowest BCUT2D eigenvalue weighted by Crippen LogP contribution is -1.89. The van der Waals surface area contributed by atoms with Gasteiger partial charge in [0.05, 0.1) is 5.69 Å². The zero-order valence-electron chi connectivity index (χ0n) is 18.0. The molecule has 3 rings (SSSR count). The largest absolute Gasteiger partial charge is 0.256 e. The molecule has 3 aromatic rings. The van der Waals surface area contributed by atoms with Crippen LogP contribution >= 0.6 is 0 Å². The first-order valence-electron chi connectivity index (χ1n) is 11.0. The third-order valence-electron chi connectivity index (χ3n) is 5.64. The molecule has 0 unspecified atom stereocenters. The van der Waals surface area contributed by atoms with Crippen molar-refractivity contribution in [3.8, 4) is 22.4 Å². The van der Waals surface area contributed by atoms with E-state index in [0.717, 1.165) is 30.5 Å². The maximum absolute atomic E-state index is 4.71. The van der Waals surface area contributed by atoms with Crippen molar-refractivity contribution in [3.05, 3.63) is 90.1 Å². The number of nitrogens with zero attached hydrogens (tertiary/aromatic N) is 1. The molecule has 2 aromatic carbocycles. The number of pyridine rings is 1. The number of aryl methyl sites for hydroxylation is 2. The molecule has 0 aliphatic heterocycles. The van der Waals surface area contributed by atoms with Gasteiger partial charge in [0.25, 0.3) is 0 Å². The lowest BCUT2D eigenvalue weighted by molar-refractivity contribution is 0.717. The maximum Gasteiger partial charge on any atom is 0.0702 e. The highest BCUT2D eigenvalue weighted by Crippen LogP contribution is 2.24. The van der Waals surface area contributed by atoms with Gasteiger partial charge in [0.15, 0.2) is 0 Å². The molecule has 1 heterocycles. The van der Waals surface area contributed by atoms with E-state index in [9.17, 15) is 0 Å². The molecule has 0 saturated heterocycles. The molecule has 0 atom stereocenters. The number of allylic oxidation sites excluding steroid dienone is 1. The van der Waals surface area contributed by atoms with Crippen molar-refractivity contribution in [2.75, 3.05) is 0 Å². The average molecular weight is 384 g/mol. The fourth-order valence-electron chi connectivity index (χ4n) is 3.52. The lowest BCUT2D eigenvalue weighted by atomic mass is 10.00. The third kappa shape index (κ3) is 6.15. The molecule has 0 bridgehead atoms. The van der Waals surface area contributed by atoms with Crippen LogP contribution in [0.3, 0.4) is 0 Å². The molecule has 150 valence electrons. The minimum Gasteiger partial charge on any atom is -0.256 e. The molecule has 1 nitrogen and oxygen atoms in total. The second-order valence-electron chi connectivity index (χ2n) is 7.89. The fourth-order valence-corrected chi connectivity index (χ4v) is 3.52. The summed E-state index contributed by atoms with van der Waals surface area (Å²) < 4.78 is 0. The Morgan fingerprint density at radius 2 is 1.34 bits per heavy atom. The van der Waals surface area contributed by atoms with Crippen LogP contribution in [0.15, 0.2) is 79.0 Å². The average Bonchev–Trinajstić information content (AvgIpc) is 2.78. The minimum absolute atomic E-state index is 1.03. The fraction of sp³-hybridized carbons (Fsp3) is 0.321. The smallest absolute Gasteiger partial charge is 0.0702 e. The second-order valence-corrected chi connectivity index (χ2v) is 7.89. The molecule has 0 aliphatic rings. The van der Waals surface area contributed by atoms with Gasteiger partial charge < -0.3 is 0 Å². The molecular weight excluding hydrogens is 350 g/mol. The second kappa shape index (κ2) is 10.8. The van der Waals surface area contributed by atoms with Gasteiger partial charge in [-0.2, -0.15) is 0 Å². The van der Waals surface area contributed by atoms with E-state index in [0.29, 0.717) is 0 Å². The van der Waals surface area contributed by atoms with Gasteiger partial charge in [-0.15, -0.1) is 0 Å². The predicted molar refractivity (Wildman–Crippen MR) is 126 cm³/mol. The highest BCUT2D eigenvalue weighted by molar-refractivity contribution is 5.67. The summed E-state index contributed by atoms with van der Waals surface area (Å²) in [6.07, 6.45) is 10.2. The highest BCUT2D eigenvalue weighted by atomic mass is 14.7. The Labute approximate surface area is 176 Å². The van der Waals surface area contributed by atoms with E-state index >= 15 is 0 Å². The number of benzene rings is 2. The molecule has 0 spiro atoms. The first kappa shape index (κ1) is 21.0. The molecule has 0 aliphatic carbocycles. The van der Waals surface area contributed by atoms with Gasteiger partial charge in [-0.1, -0.05) is 93.4 Å². The summed E-state index contributed by atoms with van der Waals surface area (Å²) in [7, 11) is 0.